The second-order valence-corrected chi connectivity index (χ2v) is 5.35. The molecule has 0 saturated carbocycles. The summed E-state index contributed by atoms with van der Waals surface area (Å²) in [4.78, 5) is 13.1. The van der Waals surface area contributed by atoms with Gasteiger partial charge in [-0.3, -0.25) is 4.79 Å². The second-order valence-electron chi connectivity index (χ2n) is 4.43. The quantitative estimate of drug-likeness (QED) is 0.910. The van der Waals surface area contributed by atoms with Crippen LogP contribution in [0.4, 0.5) is 5.69 Å². The molecule has 4 heteroatoms. The van der Waals surface area contributed by atoms with Crippen LogP contribution in [0.15, 0.2) is 28.7 Å². The summed E-state index contributed by atoms with van der Waals surface area (Å²) in [5.41, 5.74) is 1.15. The highest BCUT2D eigenvalue weighted by molar-refractivity contribution is 9.10. The Morgan fingerprint density at radius 2 is 1.88 bits per heavy atom. The molecule has 1 aromatic rings. The SMILES string of the molecule is CC(=O)N1CCC(Nc2ccc(Br)cc2)CC1. The van der Waals surface area contributed by atoms with Crippen LogP contribution < -0.4 is 5.32 Å². The molecule has 1 amide bonds. The average Bonchev–Trinajstić information content (AvgIpc) is 2.33. The highest BCUT2D eigenvalue weighted by Gasteiger charge is 2.20. The first-order chi connectivity index (χ1) is 8.15. The van der Waals surface area contributed by atoms with Crippen molar-refractivity contribution < 1.29 is 4.79 Å². The van der Waals surface area contributed by atoms with Crippen molar-refractivity contribution in [1.82, 2.24) is 4.90 Å². The highest BCUT2D eigenvalue weighted by Crippen LogP contribution is 2.19. The summed E-state index contributed by atoms with van der Waals surface area (Å²) >= 11 is 3.42. The number of piperidine rings is 1. The lowest BCUT2D eigenvalue weighted by molar-refractivity contribution is -0.129. The predicted molar refractivity (Wildman–Crippen MR) is 73.0 cm³/mol. The minimum Gasteiger partial charge on any atom is -0.382 e. The Hall–Kier alpha value is -1.03. The van der Waals surface area contributed by atoms with Crippen LogP contribution in [0.1, 0.15) is 19.8 Å². The normalized spacial score (nSPS) is 16.9. The van der Waals surface area contributed by atoms with Crippen molar-refractivity contribution in [2.45, 2.75) is 25.8 Å². The number of carbonyl (C=O) groups is 1. The van der Waals surface area contributed by atoms with E-state index in [1.807, 2.05) is 17.0 Å². The molecule has 1 aromatic carbocycles. The minimum absolute atomic E-state index is 0.187. The molecule has 0 aliphatic carbocycles. The maximum atomic E-state index is 11.2. The van der Waals surface area contributed by atoms with Crippen molar-refractivity contribution in [3.8, 4) is 0 Å². The fourth-order valence-electron chi connectivity index (χ4n) is 2.12. The molecule has 2 rings (SSSR count). The summed E-state index contributed by atoms with van der Waals surface area (Å²) in [5, 5.41) is 3.51. The van der Waals surface area contributed by atoms with Crippen LogP contribution >= 0.6 is 15.9 Å². The Morgan fingerprint density at radius 3 is 2.41 bits per heavy atom. The van der Waals surface area contributed by atoms with Gasteiger partial charge in [-0.1, -0.05) is 15.9 Å². The van der Waals surface area contributed by atoms with Crippen molar-refractivity contribution in [3.63, 3.8) is 0 Å². The lowest BCUT2D eigenvalue weighted by Crippen LogP contribution is -2.41. The van der Waals surface area contributed by atoms with Gasteiger partial charge in [0.05, 0.1) is 0 Å². The zero-order valence-electron chi connectivity index (χ0n) is 9.95. The largest absolute Gasteiger partial charge is 0.382 e. The number of nitrogens with one attached hydrogen (secondary N) is 1. The van der Waals surface area contributed by atoms with Crippen molar-refractivity contribution in [3.05, 3.63) is 28.7 Å². The summed E-state index contributed by atoms with van der Waals surface area (Å²) in [6, 6.07) is 8.69. The molecule has 1 N–H and O–H groups in total. The molecule has 1 fully saturated rings. The van der Waals surface area contributed by atoms with E-state index in [0.29, 0.717) is 6.04 Å². The zero-order valence-corrected chi connectivity index (χ0v) is 11.5. The highest BCUT2D eigenvalue weighted by atomic mass is 79.9. The summed E-state index contributed by atoms with van der Waals surface area (Å²) < 4.78 is 1.09. The molecule has 1 aliphatic rings. The Labute approximate surface area is 110 Å². The zero-order chi connectivity index (χ0) is 12.3. The van der Waals surface area contributed by atoms with Crippen LogP contribution in [0.5, 0.6) is 0 Å². The van der Waals surface area contributed by atoms with E-state index >= 15 is 0 Å². The van der Waals surface area contributed by atoms with Gasteiger partial charge in [-0.2, -0.15) is 0 Å². The van der Waals surface area contributed by atoms with E-state index in [-0.39, 0.29) is 5.91 Å². The number of halogens is 1. The van der Waals surface area contributed by atoms with E-state index in [0.717, 1.165) is 36.1 Å². The van der Waals surface area contributed by atoms with E-state index in [4.69, 9.17) is 0 Å². The van der Waals surface area contributed by atoms with Crippen LogP contribution in [0, 0.1) is 0 Å². The molecule has 0 spiro atoms. The third kappa shape index (κ3) is 3.46. The molecule has 17 heavy (non-hydrogen) atoms. The lowest BCUT2D eigenvalue weighted by atomic mass is 10.0. The van der Waals surface area contributed by atoms with E-state index in [1.165, 1.54) is 0 Å². The molecule has 92 valence electrons. The van der Waals surface area contributed by atoms with Gasteiger partial charge in [-0.15, -0.1) is 0 Å². The number of hydrogen-bond donors (Lipinski definition) is 1. The number of nitrogens with zero attached hydrogens (tertiary/aromatic N) is 1. The van der Waals surface area contributed by atoms with Gasteiger partial charge < -0.3 is 10.2 Å². The smallest absolute Gasteiger partial charge is 0.219 e. The monoisotopic (exact) mass is 296 g/mol. The fraction of sp³-hybridized carbons (Fsp3) is 0.462. The molecule has 0 radical (unpaired) electrons. The summed E-state index contributed by atoms with van der Waals surface area (Å²) in [6.45, 7) is 3.37. The van der Waals surface area contributed by atoms with Gasteiger partial charge in [0.15, 0.2) is 0 Å². The van der Waals surface area contributed by atoms with Crippen LogP contribution in [0.2, 0.25) is 0 Å². The molecule has 3 nitrogen and oxygen atoms in total. The van der Waals surface area contributed by atoms with Crippen LogP contribution in [0.25, 0.3) is 0 Å². The van der Waals surface area contributed by atoms with E-state index < -0.39 is 0 Å². The third-order valence-electron chi connectivity index (χ3n) is 3.16. The van der Waals surface area contributed by atoms with Crippen LogP contribution in [0.3, 0.4) is 0 Å². The molecular formula is C13H17BrN2O. The van der Waals surface area contributed by atoms with Gasteiger partial charge in [0.25, 0.3) is 0 Å². The minimum atomic E-state index is 0.187. The van der Waals surface area contributed by atoms with Crippen LogP contribution in [-0.2, 0) is 4.79 Å². The standard InChI is InChI=1S/C13H17BrN2O/c1-10(17)16-8-6-13(7-9-16)15-12-4-2-11(14)3-5-12/h2-5,13,15H,6-9H2,1H3. The second kappa shape index (κ2) is 5.54. The first-order valence-electron chi connectivity index (χ1n) is 5.93. The van der Waals surface area contributed by atoms with E-state index in [2.05, 4.69) is 33.4 Å². The molecular weight excluding hydrogens is 280 g/mol. The Kier molecular flexibility index (Phi) is 4.05. The number of carbonyl (C=O) groups excluding carboxylic acids is 1. The number of rotatable bonds is 2. The Balaban J connectivity index is 1.85. The van der Waals surface area contributed by atoms with E-state index in [1.54, 1.807) is 6.92 Å². The number of benzene rings is 1. The van der Waals surface area contributed by atoms with Gasteiger partial charge in [0.1, 0.15) is 0 Å². The van der Waals surface area contributed by atoms with Gasteiger partial charge in [-0.25, -0.2) is 0 Å². The molecule has 1 heterocycles. The lowest BCUT2D eigenvalue weighted by Gasteiger charge is -2.32. The predicted octanol–water partition coefficient (Wildman–Crippen LogP) is 2.87. The first-order valence-corrected chi connectivity index (χ1v) is 6.72. The molecule has 0 unspecified atom stereocenters. The first kappa shape index (κ1) is 12.4. The summed E-state index contributed by atoms with van der Waals surface area (Å²) in [5.74, 6) is 0.187. The Bertz CT molecular complexity index is 383. The average molecular weight is 297 g/mol. The van der Waals surface area contributed by atoms with Gasteiger partial charge >= 0.3 is 0 Å². The van der Waals surface area contributed by atoms with E-state index in [9.17, 15) is 4.79 Å². The van der Waals surface area contributed by atoms with Crippen molar-refractivity contribution in [2.75, 3.05) is 18.4 Å². The molecule has 1 saturated heterocycles. The fourth-order valence-corrected chi connectivity index (χ4v) is 2.38. The van der Waals surface area contributed by atoms with Crippen molar-refractivity contribution in [1.29, 1.82) is 0 Å². The third-order valence-corrected chi connectivity index (χ3v) is 3.68. The molecule has 1 aliphatic heterocycles. The maximum Gasteiger partial charge on any atom is 0.219 e. The number of anilines is 1. The topological polar surface area (TPSA) is 32.3 Å². The number of amides is 1. The molecule has 0 aromatic heterocycles. The number of likely N-dealkylation sites (tertiary alicyclic amines) is 1. The van der Waals surface area contributed by atoms with Gasteiger partial charge in [-0.05, 0) is 37.1 Å². The van der Waals surface area contributed by atoms with Crippen LogP contribution in [-0.4, -0.2) is 29.9 Å². The van der Waals surface area contributed by atoms with Gasteiger partial charge in [0.2, 0.25) is 5.91 Å². The van der Waals surface area contributed by atoms with Crippen molar-refractivity contribution in [2.24, 2.45) is 0 Å². The Morgan fingerprint density at radius 1 is 1.29 bits per heavy atom. The number of hydrogen-bond acceptors (Lipinski definition) is 2. The summed E-state index contributed by atoms with van der Waals surface area (Å²) in [6.07, 6.45) is 2.05. The van der Waals surface area contributed by atoms with Gasteiger partial charge in [0, 0.05) is 36.2 Å². The maximum absolute atomic E-state index is 11.2. The molecule has 0 atom stereocenters. The molecule has 0 bridgehead atoms. The summed E-state index contributed by atoms with van der Waals surface area (Å²) in [7, 11) is 0. The van der Waals surface area contributed by atoms with Crippen molar-refractivity contribution >= 4 is 27.5 Å².